The zero-order valence-electron chi connectivity index (χ0n) is 10.4. The first kappa shape index (κ1) is 12.8. The minimum absolute atomic E-state index is 0.104. The first-order valence-electron chi connectivity index (χ1n) is 6.48. The van der Waals surface area contributed by atoms with Gasteiger partial charge in [0.15, 0.2) is 11.5 Å². The second-order valence-corrected chi connectivity index (χ2v) is 5.64. The Hall–Kier alpha value is -1.20. The van der Waals surface area contributed by atoms with E-state index < -0.39 is 11.7 Å². The summed E-state index contributed by atoms with van der Waals surface area (Å²) in [5, 5.41) is 3.09. The van der Waals surface area contributed by atoms with Gasteiger partial charge in [0.05, 0.1) is 5.02 Å². The van der Waals surface area contributed by atoms with Crippen molar-refractivity contribution in [2.24, 2.45) is 5.92 Å². The third-order valence-corrected chi connectivity index (χ3v) is 4.20. The van der Waals surface area contributed by atoms with E-state index in [4.69, 9.17) is 11.6 Å². The first-order chi connectivity index (χ1) is 9.13. The van der Waals surface area contributed by atoms with E-state index in [9.17, 15) is 9.18 Å². The van der Waals surface area contributed by atoms with Gasteiger partial charge in [0.25, 0.3) is 5.91 Å². The van der Waals surface area contributed by atoms with E-state index in [1.807, 2.05) is 0 Å². The van der Waals surface area contributed by atoms with Gasteiger partial charge in [0.2, 0.25) is 0 Å². The molecule has 3 saturated heterocycles. The van der Waals surface area contributed by atoms with Gasteiger partial charge in [-0.05, 0) is 37.9 Å². The number of nitrogens with one attached hydrogen (secondary N) is 1. The summed E-state index contributed by atoms with van der Waals surface area (Å²) >= 11 is 5.62. The number of fused-ring (bicyclic) bond motifs is 3. The molecule has 0 spiro atoms. The largest absolute Gasteiger partial charge is 0.346 e. The zero-order valence-corrected chi connectivity index (χ0v) is 11.2. The average Bonchev–Trinajstić information content (AvgIpc) is 2.39. The molecule has 1 amide bonds. The van der Waals surface area contributed by atoms with Gasteiger partial charge in [0.1, 0.15) is 0 Å². The van der Waals surface area contributed by atoms with Crippen LogP contribution in [0, 0.1) is 11.7 Å². The Bertz CT molecular complexity index is 503. The second kappa shape index (κ2) is 5.06. The highest BCUT2D eigenvalue weighted by molar-refractivity contribution is 6.30. The van der Waals surface area contributed by atoms with Crippen LogP contribution in [0.2, 0.25) is 5.02 Å². The van der Waals surface area contributed by atoms with Crippen molar-refractivity contribution in [3.05, 3.63) is 28.8 Å². The van der Waals surface area contributed by atoms with Gasteiger partial charge >= 0.3 is 0 Å². The van der Waals surface area contributed by atoms with E-state index >= 15 is 0 Å². The lowest BCUT2D eigenvalue weighted by molar-refractivity contribution is 0.0615. The number of halogens is 2. The summed E-state index contributed by atoms with van der Waals surface area (Å²) in [7, 11) is 0. The summed E-state index contributed by atoms with van der Waals surface area (Å²) in [5.74, 6) is -0.622. The third-order valence-electron chi connectivity index (χ3n) is 4.00. The van der Waals surface area contributed by atoms with Crippen molar-refractivity contribution in [3.8, 4) is 0 Å². The normalized spacial score (nSPS) is 29.3. The molecule has 0 aromatic carbocycles. The van der Waals surface area contributed by atoms with Gasteiger partial charge in [0, 0.05) is 18.8 Å². The Morgan fingerprint density at radius 2 is 2.21 bits per heavy atom. The molecule has 1 atom stereocenters. The van der Waals surface area contributed by atoms with Crippen LogP contribution in [0.5, 0.6) is 0 Å². The fourth-order valence-corrected chi connectivity index (χ4v) is 3.09. The van der Waals surface area contributed by atoms with Crippen LogP contribution in [0.3, 0.4) is 0 Å². The monoisotopic (exact) mass is 283 g/mol. The molecule has 3 aliphatic heterocycles. The summed E-state index contributed by atoms with van der Waals surface area (Å²) in [6.45, 7) is 3.06. The lowest BCUT2D eigenvalue weighted by Crippen LogP contribution is -2.57. The Morgan fingerprint density at radius 3 is 2.79 bits per heavy atom. The topological polar surface area (TPSA) is 45.2 Å². The molecule has 4 rings (SSSR count). The number of hydrogen-bond donors (Lipinski definition) is 1. The fraction of sp³-hybridized carbons (Fsp3) is 0.538. The molecule has 0 radical (unpaired) electrons. The van der Waals surface area contributed by atoms with E-state index in [2.05, 4.69) is 15.2 Å². The van der Waals surface area contributed by atoms with E-state index in [0.717, 1.165) is 38.5 Å². The SMILES string of the molecule is O=C(N[C@H]1CN2CCC1CC2)c1ncc(Cl)cc1F. The van der Waals surface area contributed by atoms with Gasteiger partial charge in [-0.3, -0.25) is 4.79 Å². The van der Waals surface area contributed by atoms with Crippen LogP contribution in [-0.2, 0) is 0 Å². The number of hydrogen-bond acceptors (Lipinski definition) is 3. The summed E-state index contributed by atoms with van der Waals surface area (Å²) in [5.41, 5.74) is -0.180. The second-order valence-electron chi connectivity index (χ2n) is 5.20. The number of amides is 1. The average molecular weight is 284 g/mol. The van der Waals surface area contributed by atoms with Gasteiger partial charge in [-0.15, -0.1) is 0 Å². The number of nitrogens with zero attached hydrogens (tertiary/aromatic N) is 2. The lowest BCUT2D eigenvalue weighted by Gasteiger charge is -2.44. The van der Waals surface area contributed by atoms with Crippen LogP contribution in [0.25, 0.3) is 0 Å². The number of piperidine rings is 3. The van der Waals surface area contributed by atoms with Gasteiger partial charge < -0.3 is 10.2 Å². The Balaban J connectivity index is 1.71. The van der Waals surface area contributed by atoms with E-state index in [-0.39, 0.29) is 16.8 Å². The van der Waals surface area contributed by atoms with Gasteiger partial charge in [-0.2, -0.15) is 0 Å². The molecule has 6 heteroatoms. The molecular weight excluding hydrogens is 269 g/mol. The summed E-state index contributed by atoms with van der Waals surface area (Å²) in [4.78, 5) is 18.1. The van der Waals surface area contributed by atoms with Crippen molar-refractivity contribution in [1.82, 2.24) is 15.2 Å². The van der Waals surface area contributed by atoms with Crippen molar-refractivity contribution in [3.63, 3.8) is 0 Å². The Morgan fingerprint density at radius 1 is 1.47 bits per heavy atom. The van der Waals surface area contributed by atoms with Crippen LogP contribution < -0.4 is 5.32 Å². The first-order valence-corrected chi connectivity index (χ1v) is 6.85. The molecule has 0 saturated carbocycles. The van der Waals surface area contributed by atoms with Crippen molar-refractivity contribution in [2.45, 2.75) is 18.9 Å². The molecular formula is C13H15ClFN3O. The maximum absolute atomic E-state index is 13.6. The highest BCUT2D eigenvalue weighted by Gasteiger charge is 2.35. The van der Waals surface area contributed by atoms with E-state index in [0.29, 0.717) is 5.92 Å². The number of rotatable bonds is 2. The molecule has 0 aliphatic carbocycles. The maximum Gasteiger partial charge on any atom is 0.273 e. The predicted molar refractivity (Wildman–Crippen MR) is 69.6 cm³/mol. The molecule has 2 bridgehead atoms. The van der Waals surface area contributed by atoms with Crippen molar-refractivity contribution in [2.75, 3.05) is 19.6 Å². The van der Waals surface area contributed by atoms with Crippen molar-refractivity contribution < 1.29 is 9.18 Å². The third kappa shape index (κ3) is 2.58. The lowest BCUT2D eigenvalue weighted by atomic mass is 9.84. The highest BCUT2D eigenvalue weighted by Crippen LogP contribution is 2.27. The minimum atomic E-state index is -0.675. The number of carbonyl (C=O) groups excluding carboxylic acids is 1. The van der Waals surface area contributed by atoms with Gasteiger partial charge in [-0.1, -0.05) is 11.6 Å². The number of pyridine rings is 1. The number of aromatic nitrogens is 1. The Labute approximate surface area is 115 Å². The molecule has 102 valence electrons. The Kier molecular flexibility index (Phi) is 3.41. The summed E-state index contributed by atoms with van der Waals surface area (Å²) in [6, 6.07) is 1.21. The van der Waals surface area contributed by atoms with Gasteiger partial charge in [-0.25, -0.2) is 9.37 Å². The van der Waals surface area contributed by atoms with Crippen molar-refractivity contribution in [1.29, 1.82) is 0 Å². The van der Waals surface area contributed by atoms with Crippen LogP contribution in [0.4, 0.5) is 4.39 Å². The van der Waals surface area contributed by atoms with E-state index in [1.54, 1.807) is 0 Å². The highest BCUT2D eigenvalue weighted by atomic mass is 35.5. The maximum atomic E-state index is 13.6. The standard InChI is InChI=1S/C13H15ClFN3O/c14-9-5-10(15)12(16-6-9)13(19)17-11-7-18-3-1-8(11)2-4-18/h5-6,8,11H,1-4,7H2,(H,17,19)/t11-/m0/s1. The molecule has 1 aromatic heterocycles. The van der Waals surface area contributed by atoms with Crippen LogP contribution >= 0.6 is 11.6 Å². The molecule has 19 heavy (non-hydrogen) atoms. The molecule has 3 fully saturated rings. The van der Waals surface area contributed by atoms with Crippen LogP contribution in [0.15, 0.2) is 12.3 Å². The summed E-state index contributed by atoms with van der Waals surface area (Å²) in [6.07, 6.45) is 3.49. The molecule has 3 aliphatic rings. The van der Waals surface area contributed by atoms with Crippen LogP contribution in [-0.4, -0.2) is 41.5 Å². The molecule has 0 unspecified atom stereocenters. The molecule has 1 N–H and O–H groups in total. The zero-order chi connectivity index (χ0) is 13.4. The fourth-order valence-electron chi connectivity index (χ4n) is 2.95. The smallest absolute Gasteiger partial charge is 0.273 e. The van der Waals surface area contributed by atoms with Crippen molar-refractivity contribution >= 4 is 17.5 Å². The predicted octanol–water partition coefficient (Wildman–Crippen LogP) is 1.70. The molecule has 1 aromatic rings. The number of carbonyl (C=O) groups is 1. The summed E-state index contributed by atoms with van der Waals surface area (Å²) < 4.78 is 13.6. The van der Waals surface area contributed by atoms with Crippen LogP contribution in [0.1, 0.15) is 23.3 Å². The quantitative estimate of drug-likeness (QED) is 0.898. The van der Waals surface area contributed by atoms with E-state index in [1.165, 1.54) is 6.20 Å². The molecule has 4 nitrogen and oxygen atoms in total. The molecule has 4 heterocycles. The minimum Gasteiger partial charge on any atom is -0.346 e.